The minimum atomic E-state index is -0.681. The molecule has 1 aromatic carbocycles. The highest BCUT2D eigenvalue weighted by Gasteiger charge is 2.19. The van der Waals surface area contributed by atoms with E-state index in [4.69, 9.17) is 19.7 Å². The first-order valence-electron chi connectivity index (χ1n) is 7.74. The second kappa shape index (κ2) is 10.1. The number of hydrogen-bond acceptors (Lipinski definition) is 5. The van der Waals surface area contributed by atoms with Gasteiger partial charge >= 0.3 is 0 Å². The molecule has 0 saturated carbocycles. The molecule has 1 amide bonds. The van der Waals surface area contributed by atoms with E-state index in [1.54, 1.807) is 19.1 Å². The predicted octanol–water partition coefficient (Wildman–Crippen LogP) is 3.68. The van der Waals surface area contributed by atoms with Crippen molar-refractivity contribution < 1.29 is 23.8 Å². The van der Waals surface area contributed by atoms with Gasteiger partial charge in [-0.15, -0.1) is 0 Å². The van der Waals surface area contributed by atoms with Gasteiger partial charge in [-0.2, -0.15) is 0 Å². The van der Waals surface area contributed by atoms with Crippen LogP contribution in [0.3, 0.4) is 0 Å². The molecule has 0 N–H and O–H groups in total. The number of azide groups is 1. The van der Waals surface area contributed by atoms with Gasteiger partial charge in [0.05, 0.1) is 25.4 Å². The summed E-state index contributed by atoms with van der Waals surface area (Å²) >= 11 is 0. The van der Waals surface area contributed by atoms with Crippen LogP contribution in [0.25, 0.3) is 10.4 Å². The van der Waals surface area contributed by atoms with Gasteiger partial charge in [0.1, 0.15) is 5.75 Å². The van der Waals surface area contributed by atoms with Crippen molar-refractivity contribution in [2.24, 2.45) is 5.11 Å². The Morgan fingerprint density at radius 1 is 0.958 bits per heavy atom. The van der Waals surface area contributed by atoms with Gasteiger partial charge in [0.15, 0.2) is 17.3 Å². The molecule has 1 aromatic rings. The standard InChI is InChI=1S/C16H21N3O5/c1-4-22-13-10-15(24-6-3)14(23-5-2)9-11(13)12(20)7-8-16(21)18-19-17/h9-10H,4-8H2,1-3H3. The summed E-state index contributed by atoms with van der Waals surface area (Å²) in [6.07, 6.45) is -0.247. The van der Waals surface area contributed by atoms with Gasteiger partial charge < -0.3 is 14.2 Å². The van der Waals surface area contributed by atoms with E-state index in [1.807, 2.05) is 13.8 Å². The van der Waals surface area contributed by atoms with E-state index in [1.165, 1.54) is 0 Å². The summed E-state index contributed by atoms with van der Waals surface area (Å²) in [6, 6.07) is 3.17. The molecule has 0 aliphatic heterocycles. The number of Topliss-reactive ketones (excluding diaryl/α,β-unsaturated/α-hetero) is 1. The molecule has 130 valence electrons. The van der Waals surface area contributed by atoms with Gasteiger partial charge in [-0.05, 0) is 37.5 Å². The van der Waals surface area contributed by atoms with Crippen molar-refractivity contribution in [3.05, 3.63) is 28.1 Å². The van der Waals surface area contributed by atoms with E-state index < -0.39 is 5.91 Å². The molecule has 0 saturated heterocycles. The molecule has 0 unspecified atom stereocenters. The van der Waals surface area contributed by atoms with E-state index >= 15 is 0 Å². The fourth-order valence-corrected chi connectivity index (χ4v) is 2.03. The SMILES string of the molecule is CCOc1cc(OCC)c(C(=O)CCC(=O)N=[N+]=[N-])cc1OCC. The van der Waals surface area contributed by atoms with Crippen LogP contribution in [0.2, 0.25) is 0 Å². The lowest BCUT2D eigenvalue weighted by Gasteiger charge is -2.16. The van der Waals surface area contributed by atoms with Crippen LogP contribution >= 0.6 is 0 Å². The molecule has 0 spiro atoms. The number of benzene rings is 1. The molecule has 1 rings (SSSR count). The first-order valence-corrected chi connectivity index (χ1v) is 7.74. The van der Waals surface area contributed by atoms with Gasteiger partial charge in [0.2, 0.25) is 5.91 Å². The van der Waals surface area contributed by atoms with Crippen molar-refractivity contribution >= 4 is 11.7 Å². The van der Waals surface area contributed by atoms with Crippen molar-refractivity contribution in [2.45, 2.75) is 33.6 Å². The van der Waals surface area contributed by atoms with Crippen LogP contribution in [0.4, 0.5) is 0 Å². The molecule has 8 heteroatoms. The van der Waals surface area contributed by atoms with E-state index in [0.717, 1.165) is 0 Å². The van der Waals surface area contributed by atoms with Crippen molar-refractivity contribution in [2.75, 3.05) is 19.8 Å². The van der Waals surface area contributed by atoms with Gasteiger partial charge in [-0.3, -0.25) is 9.59 Å². The minimum Gasteiger partial charge on any atom is -0.493 e. The summed E-state index contributed by atoms with van der Waals surface area (Å²) in [5.74, 6) is 0.311. The molecule has 8 nitrogen and oxygen atoms in total. The molecule has 0 atom stereocenters. The lowest BCUT2D eigenvalue weighted by Crippen LogP contribution is -2.08. The molecule has 0 bridgehead atoms. The van der Waals surface area contributed by atoms with Gasteiger partial charge in [-0.25, -0.2) is 0 Å². The zero-order valence-corrected chi connectivity index (χ0v) is 14.1. The summed E-state index contributed by atoms with van der Waals surface area (Å²) in [6.45, 7) is 6.70. The van der Waals surface area contributed by atoms with Crippen LogP contribution in [0.1, 0.15) is 44.0 Å². The minimum absolute atomic E-state index is 0.0858. The van der Waals surface area contributed by atoms with Crippen LogP contribution in [-0.4, -0.2) is 31.5 Å². The fraction of sp³-hybridized carbons (Fsp3) is 0.500. The fourth-order valence-electron chi connectivity index (χ4n) is 2.03. The number of nitrogens with zero attached hydrogens (tertiary/aromatic N) is 3. The first kappa shape index (κ1) is 19.3. The summed E-state index contributed by atoms with van der Waals surface area (Å²) in [4.78, 5) is 26.1. The van der Waals surface area contributed by atoms with E-state index in [0.29, 0.717) is 42.6 Å². The molecule has 24 heavy (non-hydrogen) atoms. The molecular formula is C16H21N3O5. The molecule has 0 fully saturated rings. The van der Waals surface area contributed by atoms with E-state index in [9.17, 15) is 9.59 Å². The third-order valence-electron chi connectivity index (χ3n) is 2.97. The van der Waals surface area contributed by atoms with Crippen molar-refractivity contribution in [3.63, 3.8) is 0 Å². The number of carbonyl (C=O) groups is 2. The number of rotatable bonds is 10. The molecule has 0 radical (unpaired) electrons. The molecule has 0 aliphatic carbocycles. The third kappa shape index (κ3) is 5.48. The van der Waals surface area contributed by atoms with Gasteiger partial charge in [0, 0.05) is 23.8 Å². The van der Waals surface area contributed by atoms with Gasteiger partial charge in [0.25, 0.3) is 0 Å². The Labute approximate surface area is 140 Å². The van der Waals surface area contributed by atoms with Gasteiger partial charge in [-0.1, -0.05) is 0 Å². The van der Waals surface area contributed by atoms with Crippen molar-refractivity contribution in [3.8, 4) is 17.2 Å². The first-order chi connectivity index (χ1) is 11.6. The topological polar surface area (TPSA) is 111 Å². The monoisotopic (exact) mass is 335 g/mol. The van der Waals surface area contributed by atoms with Crippen LogP contribution in [-0.2, 0) is 4.79 Å². The third-order valence-corrected chi connectivity index (χ3v) is 2.97. The van der Waals surface area contributed by atoms with Crippen LogP contribution < -0.4 is 14.2 Å². The normalized spacial score (nSPS) is 9.79. The Kier molecular flexibility index (Phi) is 8.15. The molecule has 0 aliphatic rings. The lowest BCUT2D eigenvalue weighted by atomic mass is 10.0. The number of ether oxygens (including phenoxy) is 3. The highest BCUT2D eigenvalue weighted by Crippen LogP contribution is 2.36. The number of ketones is 1. The number of hydrogen-bond donors (Lipinski definition) is 0. The Bertz CT molecular complexity index is 639. The quantitative estimate of drug-likeness (QED) is 0.280. The van der Waals surface area contributed by atoms with Crippen molar-refractivity contribution in [1.82, 2.24) is 0 Å². The summed E-state index contributed by atoms with van der Waals surface area (Å²) in [5, 5.41) is 2.95. The number of amides is 1. The maximum Gasteiger partial charge on any atom is 0.219 e. The highest BCUT2D eigenvalue weighted by atomic mass is 16.5. The second-order valence-electron chi connectivity index (χ2n) is 4.60. The smallest absolute Gasteiger partial charge is 0.219 e. The Hall–Kier alpha value is -2.73. The second-order valence-corrected chi connectivity index (χ2v) is 4.60. The Balaban J connectivity index is 3.12. The largest absolute Gasteiger partial charge is 0.493 e. The van der Waals surface area contributed by atoms with Crippen LogP contribution in [0.5, 0.6) is 17.2 Å². The summed E-state index contributed by atoms with van der Waals surface area (Å²) in [7, 11) is 0. The van der Waals surface area contributed by atoms with E-state index in [-0.39, 0.29) is 18.6 Å². The predicted molar refractivity (Wildman–Crippen MR) is 87.7 cm³/mol. The van der Waals surface area contributed by atoms with Crippen LogP contribution in [0.15, 0.2) is 17.2 Å². The zero-order chi connectivity index (χ0) is 17.9. The molecule has 0 aromatic heterocycles. The van der Waals surface area contributed by atoms with Crippen LogP contribution in [0, 0.1) is 0 Å². The van der Waals surface area contributed by atoms with Crippen molar-refractivity contribution in [1.29, 1.82) is 0 Å². The number of carbonyl (C=O) groups excluding carboxylic acids is 2. The molecule has 0 heterocycles. The Morgan fingerprint density at radius 2 is 1.50 bits per heavy atom. The highest BCUT2D eigenvalue weighted by molar-refractivity contribution is 6.01. The maximum atomic E-state index is 12.4. The average Bonchev–Trinajstić information content (AvgIpc) is 2.55. The molecular weight excluding hydrogens is 314 g/mol. The maximum absolute atomic E-state index is 12.4. The summed E-state index contributed by atoms with van der Waals surface area (Å²) < 4.78 is 16.5. The van der Waals surface area contributed by atoms with E-state index in [2.05, 4.69) is 10.0 Å². The lowest BCUT2D eigenvalue weighted by molar-refractivity contribution is -0.117. The Morgan fingerprint density at radius 3 is 2.04 bits per heavy atom. The average molecular weight is 335 g/mol. The summed E-state index contributed by atoms with van der Waals surface area (Å²) in [5.41, 5.74) is 8.51. The zero-order valence-electron chi connectivity index (χ0n) is 14.1.